The first kappa shape index (κ1) is 19.6. The van der Waals surface area contributed by atoms with Crippen LogP contribution in [0, 0.1) is 17.6 Å². The predicted octanol–water partition coefficient (Wildman–Crippen LogP) is 1.88. The summed E-state index contributed by atoms with van der Waals surface area (Å²) in [5, 5.41) is 21.4. The van der Waals surface area contributed by atoms with Crippen LogP contribution in [0.2, 0.25) is 0 Å². The van der Waals surface area contributed by atoms with Crippen molar-refractivity contribution in [2.75, 3.05) is 24.5 Å². The summed E-state index contributed by atoms with van der Waals surface area (Å²) in [5.41, 5.74) is -0.378. The number of hydrogen-bond acceptors (Lipinski definition) is 7. The lowest BCUT2D eigenvalue weighted by atomic mass is 9.84. The van der Waals surface area contributed by atoms with Gasteiger partial charge in [-0.3, -0.25) is 5.10 Å². The highest BCUT2D eigenvalue weighted by Gasteiger charge is 2.38. The van der Waals surface area contributed by atoms with Gasteiger partial charge in [-0.25, -0.2) is 23.7 Å². The minimum atomic E-state index is -0.991. The maximum absolute atomic E-state index is 14.7. The van der Waals surface area contributed by atoms with Crippen molar-refractivity contribution in [3.05, 3.63) is 30.2 Å². The molecule has 0 unspecified atom stereocenters. The number of H-pyrrole nitrogens is 1. The number of fused-ring (bicyclic) bond motifs is 1. The fourth-order valence-corrected chi connectivity index (χ4v) is 3.53. The van der Waals surface area contributed by atoms with Gasteiger partial charge >= 0.3 is 0 Å². The second-order valence-corrected chi connectivity index (χ2v) is 7.82. The summed E-state index contributed by atoms with van der Waals surface area (Å²) in [6.45, 7) is 6.99. The molecule has 0 amide bonds. The van der Waals surface area contributed by atoms with Gasteiger partial charge in [-0.1, -0.05) is 13.8 Å². The molecular weight excluding hydrogens is 380 g/mol. The van der Waals surface area contributed by atoms with E-state index >= 15 is 0 Å². The predicted molar refractivity (Wildman–Crippen MR) is 104 cm³/mol. The number of hydrogen-bond donors (Lipinski definition) is 3. The molecular formula is C19H23F2N7O. The second-order valence-electron chi connectivity index (χ2n) is 7.82. The maximum Gasteiger partial charge on any atom is 0.184 e. The molecule has 2 atom stereocenters. The highest BCUT2D eigenvalue weighted by molar-refractivity contribution is 5.89. The summed E-state index contributed by atoms with van der Waals surface area (Å²) < 4.78 is 29.3. The molecule has 0 saturated carbocycles. The van der Waals surface area contributed by atoms with Crippen LogP contribution in [0.4, 0.5) is 14.6 Å². The van der Waals surface area contributed by atoms with Crippen molar-refractivity contribution in [1.82, 2.24) is 30.5 Å². The largest absolute Gasteiger partial charge is 0.388 e. The molecule has 4 heterocycles. The standard InChI is InChI=1S/C19H23F2N7O/c1-10(2)19(3,29)14-8-28(5-4-23-14)18-13(21)6-12(20)16(25-18)15-11-7-22-9-24-17(11)27-26-15/h6-7,9-10,14,23,29H,4-5,8H2,1-3H3,(H,22,24,26,27)/t14-,19+/m0/s1. The molecule has 8 nitrogen and oxygen atoms in total. The van der Waals surface area contributed by atoms with Crippen LogP contribution in [0.5, 0.6) is 0 Å². The molecule has 0 aromatic carbocycles. The van der Waals surface area contributed by atoms with Crippen molar-refractivity contribution in [3.8, 4) is 11.4 Å². The summed E-state index contributed by atoms with van der Waals surface area (Å²) in [5.74, 6) is -1.53. The Bertz CT molecular complexity index is 1040. The lowest BCUT2D eigenvalue weighted by Gasteiger charge is -2.43. The Morgan fingerprint density at radius 1 is 1.31 bits per heavy atom. The van der Waals surface area contributed by atoms with Crippen LogP contribution in [0.1, 0.15) is 20.8 Å². The van der Waals surface area contributed by atoms with Gasteiger partial charge in [0.2, 0.25) is 0 Å². The fraction of sp³-hybridized carbons (Fsp3) is 0.474. The summed E-state index contributed by atoms with van der Waals surface area (Å²) in [7, 11) is 0. The molecule has 1 fully saturated rings. The lowest BCUT2D eigenvalue weighted by molar-refractivity contribution is -0.0232. The van der Waals surface area contributed by atoms with E-state index in [2.05, 4.69) is 30.5 Å². The smallest absolute Gasteiger partial charge is 0.184 e. The van der Waals surface area contributed by atoms with E-state index in [0.29, 0.717) is 36.4 Å². The molecule has 1 saturated heterocycles. The molecule has 3 N–H and O–H groups in total. The number of piperazine rings is 1. The van der Waals surface area contributed by atoms with Crippen molar-refractivity contribution < 1.29 is 13.9 Å². The quantitative estimate of drug-likeness (QED) is 0.611. The SMILES string of the molecule is CC(C)[C@@](C)(O)[C@@H]1CN(c2nc(-c3[nH]nc4ncncc34)c(F)cc2F)CCN1. The molecule has 1 aliphatic heterocycles. The summed E-state index contributed by atoms with van der Waals surface area (Å²) in [6.07, 6.45) is 2.85. The van der Waals surface area contributed by atoms with Crippen molar-refractivity contribution in [1.29, 1.82) is 0 Å². The molecule has 3 aromatic rings. The third-order valence-electron chi connectivity index (χ3n) is 5.73. The number of aromatic nitrogens is 5. The van der Waals surface area contributed by atoms with Gasteiger partial charge in [0.25, 0.3) is 0 Å². The van der Waals surface area contributed by atoms with Gasteiger partial charge in [-0.2, -0.15) is 5.10 Å². The molecule has 4 rings (SSSR count). The van der Waals surface area contributed by atoms with Gasteiger partial charge in [0.05, 0.1) is 22.7 Å². The van der Waals surface area contributed by atoms with Crippen LogP contribution in [0.3, 0.4) is 0 Å². The number of aliphatic hydroxyl groups is 1. The molecule has 3 aromatic heterocycles. The van der Waals surface area contributed by atoms with Crippen molar-refractivity contribution in [2.45, 2.75) is 32.4 Å². The minimum absolute atomic E-state index is 0.00195. The van der Waals surface area contributed by atoms with E-state index in [1.54, 1.807) is 11.8 Å². The lowest BCUT2D eigenvalue weighted by Crippen LogP contribution is -2.62. The summed E-state index contributed by atoms with van der Waals surface area (Å²) in [4.78, 5) is 14.0. The van der Waals surface area contributed by atoms with Gasteiger partial charge < -0.3 is 15.3 Å². The first-order valence-corrected chi connectivity index (χ1v) is 9.50. The zero-order chi connectivity index (χ0) is 20.8. The van der Waals surface area contributed by atoms with Gasteiger partial charge in [0, 0.05) is 31.9 Å². The molecule has 154 valence electrons. The average Bonchev–Trinajstić information content (AvgIpc) is 3.12. The van der Waals surface area contributed by atoms with Crippen LogP contribution in [0.15, 0.2) is 18.6 Å². The normalized spacial score (nSPS) is 19.7. The third kappa shape index (κ3) is 3.42. The number of pyridine rings is 1. The number of rotatable bonds is 4. The van der Waals surface area contributed by atoms with Gasteiger partial charge in [-0.15, -0.1) is 0 Å². The second kappa shape index (κ2) is 7.27. The zero-order valence-corrected chi connectivity index (χ0v) is 16.4. The van der Waals surface area contributed by atoms with Crippen molar-refractivity contribution in [2.24, 2.45) is 5.92 Å². The van der Waals surface area contributed by atoms with Crippen LogP contribution >= 0.6 is 0 Å². The Morgan fingerprint density at radius 3 is 2.86 bits per heavy atom. The number of anilines is 1. The number of nitrogens with zero attached hydrogens (tertiary/aromatic N) is 5. The average molecular weight is 403 g/mol. The Hall–Kier alpha value is -2.72. The first-order chi connectivity index (χ1) is 13.8. The topological polar surface area (TPSA) is 103 Å². The Kier molecular flexibility index (Phi) is 4.91. The molecule has 10 heteroatoms. The van der Waals surface area contributed by atoms with Gasteiger partial charge in [0.1, 0.15) is 12.0 Å². The highest BCUT2D eigenvalue weighted by Crippen LogP contribution is 2.31. The molecule has 1 aliphatic rings. The van der Waals surface area contributed by atoms with E-state index in [9.17, 15) is 13.9 Å². The third-order valence-corrected chi connectivity index (χ3v) is 5.73. The van der Waals surface area contributed by atoms with Crippen LogP contribution < -0.4 is 10.2 Å². The zero-order valence-electron chi connectivity index (χ0n) is 16.4. The highest BCUT2D eigenvalue weighted by atomic mass is 19.1. The van der Waals surface area contributed by atoms with Gasteiger partial charge in [-0.05, 0) is 12.8 Å². The van der Waals surface area contributed by atoms with E-state index < -0.39 is 17.2 Å². The summed E-state index contributed by atoms with van der Waals surface area (Å²) in [6, 6.07) is 0.540. The number of nitrogens with one attached hydrogen (secondary N) is 2. The first-order valence-electron chi connectivity index (χ1n) is 9.50. The Labute approximate surface area is 166 Å². The number of aromatic amines is 1. The van der Waals surface area contributed by atoms with E-state index in [1.807, 2.05) is 13.8 Å². The van der Waals surface area contributed by atoms with Gasteiger partial charge in [0.15, 0.2) is 23.1 Å². The molecule has 0 spiro atoms. The van der Waals surface area contributed by atoms with Crippen LogP contribution in [-0.4, -0.2) is 61.5 Å². The van der Waals surface area contributed by atoms with Crippen molar-refractivity contribution in [3.63, 3.8) is 0 Å². The molecule has 0 bridgehead atoms. The monoisotopic (exact) mass is 403 g/mol. The maximum atomic E-state index is 14.7. The minimum Gasteiger partial charge on any atom is -0.388 e. The van der Waals surface area contributed by atoms with E-state index in [4.69, 9.17) is 0 Å². The molecule has 0 aliphatic carbocycles. The van der Waals surface area contributed by atoms with Crippen LogP contribution in [0.25, 0.3) is 22.4 Å². The van der Waals surface area contributed by atoms with E-state index in [1.165, 1.54) is 12.5 Å². The Balaban J connectivity index is 1.73. The summed E-state index contributed by atoms with van der Waals surface area (Å²) >= 11 is 0. The van der Waals surface area contributed by atoms with E-state index in [-0.39, 0.29) is 23.5 Å². The molecule has 29 heavy (non-hydrogen) atoms. The fourth-order valence-electron chi connectivity index (χ4n) is 3.53. The van der Waals surface area contributed by atoms with E-state index in [0.717, 1.165) is 6.07 Å². The number of halogens is 2. The Morgan fingerprint density at radius 2 is 2.10 bits per heavy atom. The molecule has 0 radical (unpaired) electrons. The van der Waals surface area contributed by atoms with Crippen LogP contribution in [-0.2, 0) is 0 Å². The van der Waals surface area contributed by atoms with Crippen molar-refractivity contribution >= 4 is 16.9 Å².